The molecule has 0 N–H and O–H groups in total. The van der Waals surface area contributed by atoms with Crippen molar-refractivity contribution in [1.82, 2.24) is 0 Å². The molecule has 4 nitrogen and oxygen atoms in total. The lowest BCUT2D eigenvalue weighted by Gasteiger charge is -2.53. The fraction of sp³-hybridized carbons (Fsp3) is 0.733. The topological polar surface area (TPSA) is 36.9 Å². The lowest BCUT2D eigenvalue weighted by atomic mass is 9.60. The average Bonchev–Trinajstić information content (AvgIpc) is 2.93. The van der Waals surface area contributed by atoms with E-state index in [-0.39, 0.29) is 17.3 Å². The molecule has 4 aliphatic rings. The molecule has 1 saturated carbocycles. The summed E-state index contributed by atoms with van der Waals surface area (Å²) in [5.74, 6) is 0.325. The van der Waals surface area contributed by atoms with Gasteiger partial charge in [-0.2, -0.15) is 0 Å². The van der Waals surface area contributed by atoms with Gasteiger partial charge in [-0.3, -0.25) is 0 Å². The van der Waals surface area contributed by atoms with Gasteiger partial charge < -0.3 is 18.9 Å². The Morgan fingerprint density at radius 1 is 1.32 bits per heavy atom. The Balaban J connectivity index is 1.84. The van der Waals surface area contributed by atoms with E-state index in [4.69, 9.17) is 18.9 Å². The third-order valence-electron chi connectivity index (χ3n) is 5.34. The van der Waals surface area contributed by atoms with Gasteiger partial charge in [0, 0.05) is 12.8 Å². The second-order valence-electron chi connectivity index (χ2n) is 6.15. The molecule has 4 heteroatoms. The normalized spacial score (nSPS) is 46.6. The van der Waals surface area contributed by atoms with Gasteiger partial charge in [0.15, 0.2) is 5.79 Å². The van der Waals surface area contributed by atoms with E-state index in [1.165, 1.54) is 0 Å². The van der Waals surface area contributed by atoms with E-state index in [9.17, 15) is 0 Å². The van der Waals surface area contributed by atoms with Crippen molar-refractivity contribution >= 4 is 0 Å². The van der Waals surface area contributed by atoms with Crippen molar-refractivity contribution in [1.29, 1.82) is 0 Å². The second-order valence-corrected chi connectivity index (χ2v) is 6.15. The van der Waals surface area contributed by atoms with Gasteiger partial charge in [0.05, 0.1) is 18.6 Å². The predicted octanol–water partition coefficient (Wildman–Crippen LogP) is 2.51. The highest BCUT2D eigenvalue weighted by Gasteiger charge is 2.71. The van der Waals surface area contributed by atoms with E-state index >= 15 is 0 Å². The third-order valence-corrected chi connectivity index (χ3v) is 5.34. The van der Waals surface area contributed by atoms with Crippen LogP contribution in [0.5, 0.6) is 0 Å². The fourth-order valence-electron chi connectivity index (χ4n) is 4.36. The maximum Gasteiger partial charge on any atom is 0.201 e. The molecule has 0 aromatic carbocycles. The van der Waals surface area contributed by atoms with Crippen molar-refractivity contribution in [2.75, 3.05) is 13.2 Å². The van der Waals surface area contributed by atoms with E-state index < -0.39 is 5.79 Å². The lowest BCUT2D eigenvalue weighted by molar-refractivity contribution is -0.285. The largest absolute Gasteiger partial charge is 0.465 e. The van der Waals surface area contributed by atoms with Crippen LogP contribution in [-0.2, 0) is 18.9 Å². The minimum atomic E-state index is -0.503. The van der Waals surface area contributed by atoms with Crippen LogP contribution in [0.4, 0.5) is 0 Å². The second kappa shape index (κ2) is 3.62. The summed E-state index contributed by atoms with van der Waals surface area (Å²) in [7, 11) is 0. The molecule has 3 atom stereocenters. The number of fused-ring (bicyclic) bond motifs is 2. The first kappa shape index (κ1) is 11.9. The van der Waals surface area contributed by atoms with Crippen LogP contribution in [0.25, 0.3) is 0 Å². The van der Waals surface area contributed by atoms with Crippen LogP contribution >= 0.6 is 0 Å². The van der Waals surface area contributed by atoms with Crippen LogP contribution in [-0.4, -0.2) is 30.9 Å². The molecule has 3 heterocycles. The molecule has 3 aliphatic heterocycles. The summed E-state index contributed by atoms with van der Waals surface area (Å²) in [6.45, 7) is 7.39. The Bertz CT molecular complexity index is 451. The standard InChI is InChI=1S/C15H20O4/c1-3-11-9-14-5-4-6-15(16-7-8-17-15)13(14,2)10-12(18-11)19-14/h3,9,12H,1,4-8,10H2,2H3/t12-,13+,14-/m1/s1. The van der Waals surface area contributed by atoms with E-state index in [1.807, 2.05) is 0 Å². The molecule has 2 spiro atoms. The molecule has 19 heavy (non-hydrogen) atoms. The van der Waals surface area contributed by atoms with Crippen LogP contribution < -0.4 is 0 Å². The van der Waals surface area contributed by atoms with Gasteiger partial charge in [0.1, 0.15) is 11.4 Å². The van der Waals surface area contributed by atoms with Crippen molar-refractivity contribution in [2.24, 2.45) is 5.41 Å². The Labute approximate surface area is 113 Å². The number of hydrogen-bond acceptors (Lipinski definition) is 4. The molecule has 2 saturated heterocycles. The molecule has 0 aromatic rings. The third kappa shape index (κ3) is 1.30. The monoisotopic (exact) mass is 264 g/mol. The lowest BCUT2D eigenvalue weighted by Crippen LogP contribution is -2.61. The summed E-state index contributed by atoms with van der Waals surface area (Å²) in [5, 5.41) is 0. The molecule has 0 radical (unpaired) electrons. The van der Waals surface area contributed by atoms with Gasteiger partial charge in [-0.15, -0.1) is 0 Å². The zero-order valence-electron chi connectivity index (χ0n) is 11.3. The summed E-state index contributed by atoms with van der Waals surface area (Å²) in [6.07, 6.45) is 7.44. The SMILES string of the molecule is C=CC1=C[C@]23CCCC4(OCCO4)[C@@]2(C)C[C@H](O1)O3. The molecule has 3 fully saturated rings. The molecule has 2 bridgehead atoms. The number of hydrogen-bond donors (Lipinski definition) is 0. The molecular weight excluding hydrogens is 244 g/mol. The van der Waals surface area contributed by atoms with Crippen LogP contribution in [0.2, 0.25) is 0 Å². The van der Waals surface area contributed by atoms with Gasteiger partial charge in [0.25, 0.3) is 0 Å². The van der Waals surface area contributed by atoms with Crippen molar-refractivity contribution < 1.29 is 18.9 Å². The van der Waals surface area contributed by atoms with Crippen LogP contribution in [0.15, 0.2) is 24.5 Å². The average molecular weight is 264 g/mol. The van der Waals surface area contributed by atoms with Crippen molar-refractivity contribution in [2.45, 2.75) is 50.3 Å². The highest BCUT2D eigenvalue weighted by atomic mass is 16.8. The minimum absolute atomic E-state index is 0.190. The molecule has 104 valence electrons. The van der Waals surface area contributed by atoms with Crippen molar-refractivity contribution in [3.05, 3.63) is 24.5 Å². The van der Waals surface area contributed by atoms with Gasteiger partial charge in [-0.25, -0.2) is 0 Å². The number of rotatable bonds is 1. The maximum absolute atomic E-state index is 6.20. The van der Waals surface area contributed by atoms with Crippen LogP contribution in [0.1, 0.15) is 32.6 Å². The van der Waals surface area contributed by atoms with Gasteiger partial charge in [-0.05, 0) is 25.0 Å². The van der Waals surface area contributed by atoms with Gasteiger partial charge in [0.2, 0.25) is 6.29 Å². The van der Waals surface area contributed by atoms with E-state index in [2.05, 4.69) is 19.6 Å². The van der Waals surface area contributed by atoms with E-state index in [1.54, 1.807) is 6.08 Å². The number of ether oxygens (including phenoxy) is 4. The summed E-state index contributed by atoms with van der Waals surface area (Å²) in [6, 6.07) is 0. The van der Waals surface area contributed by atoms with Crippen LogP contribution in [0.3, 0.4) is 0 Å². The molecule has 0 aromatic heterocycles. The predicted molar refractivity (Wildman–Crippen MR) is 68.2 cm³/mol. The Morgan fingerprint density at radius 2 is 2.11 bits per heavy atom. The van der Waals surface area contributed by atoms with E-state index in [0.29, 0.717) is 13.2 Å². The minimum Gasteiger partial charge on any atom is -0.465 e. The first-order valence-electron chi connectivity index (χ1n) is 7.11. The van der Waals surface area contributed by atoms with Gasteiger partial charge in [-0.1, -0.05) is 13.5 Å². The molecule has 4 rings (SSSR count). The quantitative estimate of drug-likeness (QED) is 0.729. The maximum atomic E-state index is 6.20. The molecule has 1 aliphatic carbocycles. The smallest absolute Gasteiger partial charge is 0.201 e. The highest BCUT2D eigenvalue weighted by Crippen LogP contribution is 2.64. The molecular formula is C15H20O4. The van der Waals surface area contributed by atoms with Gasteiger partial charge >= 0.3 is 0 Å². The zero-order chi connectivity index (χ0) is 13.1. The van der Waals surface area contributed by atoms with Crippen LogP contribution in [0, 0.1) is 5.41 Å². The zero-order valence-corrected chi connectivity index (χ0v) is 11.3. The molecule has 0 unspecified atom stereocenters. The van der Waals surface area contributed by atoms with E-state index in [0.717, 1.165) is 31.4 Å². The summed E-state index contributed by atoms with van der Waals surface area (Å²) in [5.41, 5.74) is -0.522. The first-order chi connectivity index (χ1) is 9.13. The number of allylic oxidation sites excluding steroid dienone is 1. The Kier molecular flexibility index (Phi) is 2.28. The first-order valence-corrected chi connectivity index (χ1v) is 7.11. The highest BCUT2D eigenvalue weighted by molar-refractivity contribution is 5.28. The van der Waals surface area contributed by atoms with Crippen molar-refractivity contribution in [3.63, 3.8) is 0 Å². The molecule has 0 amide bonds. The summed E-state index contributed by atoms with van der Waals surface area (Å²) < 4.78 is 24.1. The summed E-state index contributed by atoms with van der Waals surface area (Å²) in [4.78, 5) is 0. The summed E-state index contributed by atoms with van der Waals surface area (Å²) >= 11 is 0. The van der Waals surface area contributed by atoms with Crippen molar-refractivity contribution in [3.8, 4) is 0 Å². The Morgan fingerprint density at radius 3 is 2.84 bits per heavy atom. The fourth-order valence-corrected chi connectivity index (χ4v) is 4.36. The Hall–Kier alpha value is -0.840.